The molecule has 2 rings (SSSR count). The number of hydrogen-bond acceptors (Lipinski definition) is 6. The van der Waals surface area contributed by atoms with Crippen molar-refractivity contribution >= 4 is 15.9 Å². The van der Waals surface area contributed by atoms with Gasteiger partial charge >= 0.3 is 0 Å². The fraction of sp³-hybridized carbons (Fsp3) is 0.316. The second-order valence-corrected chi connectivity index (χ2v) is 7.36. The van der Waals surface area contributed by atoms with Gasteiger partial charge < -0.3 is 14.2 Å². The second-order valence-electron chi connectivity index (χ2n) is 5.68. The molecule has 0 heterocycles. The molecule has 1 amide bonds. The summed E-state index contributed by atoms with van der Waals surface area (Å²) >= 11 is 0. The van der Waals surface area contributed by atoms with E-state index in [-0.39, 0.29) is 11.5 Å². The first-order chi connectivity index (χ1) is 13.4. The minimum atomic E-state index is -3.99. The maximum atomic E-state index is 12.4. The fourth-order valence-electron chi connectivity index (χ4n) is 2.28. The maximum absolute atomic E-state index is 12.4. The Morgan fingerprint density at radius 1 is 0.929 bits per heavy atom. The van der Waals surface area contributed by atoms with Crippen molar-refractivity contribution in [2.75, 3.05) is 19.8 Å². The van der Waals surface area contributed by atoms with E-state index in [1.54, 1.807) is 19.1 Å². The van der Waals surface area contributed by atoms with Gasteiger partial charge in [-0.1, -0.05) is 18.2 Å². The molecule has 0 aliphatic carbocycles. The summed E-state index contributed by atoms with van der Waals surface area (Å²) in [7, 11) is -3.99. The number of rotatable bonds is 10. The number of sulfonamides is 1. The summed E-state index contributed by atoms with van der Waals surface area (Å²) in [5.74, 6) is 0.663. The number of para-hydroxylation sites is 1. The van der Waals surface area contributed by atoms with Gasteiger partial charge in [-0.15, -0.1) is 4.83 Å². The van der Waals surface area contributed by atoms with Crippen molar-refractivity contribution in [3.05, 3.63) is 48.0 Å². The Labute approximate surface area is 164 Å². The summed E-state index contributed by atoms with van der Waals surface area (Å²) in [6.07, 6.45) is 0. The summed E-state index contributed by atoms with van der Waals surface area (Å²) < 4.78 is 41.1. The minimum Gasteiger partial charge on any atom is -0.490 e. The van der Waals surface area contributed by atoms with Gasteiger partial charge in [0.05, 0.1) is 18.1 Å². The largest absolute Gasteiger partial charge is 0.490 e. The Bertz CT molecular complexity index is 914. The first-order valence-corrected chi connectivity index (χ1v) is 10.2. The molecule has 2 aromatic rings. The van der Waals surface area contributed by atoms with Gasteiger partial charge in [-0.2, -0.15) is 0 Å². The highest BCUT2D eigenvalue weighted by Gasteiger charge is 2.18. The number of hydrazine groups is 1. The van der Waals surface area contributed by atoms with E-state index in [1.165, 1.54) is 18.2 Å². The standard InChI is InChI=1S/C19H24N2O6S/c1-4-25-17-11-10-15(12-18(17)26-5-2)28(23,24)21-20-19(22)13-27-16-9-7-6-8-14(16)3/h6-12,21H,4-5,13H2,1-3H3,(H,20,22). The van der Waals surface area contributed by atoms with Gasteiger partial charge in [0.15, 0.2) is 18.1 Å². The molecule has 8 nitrogen and oxygen atoms in total. The molecule has 2 aromatic carbocycles. The monoisotopic (exact) mass is 408 g/mol. The second kappa shape index (κ2) is 9.95. The van der Waals surface area contributed by atoms with Crippen LogP contribution < -0.4 is 24.5 Å². The third kappa shape index (κ3) is 5.86. The van der Waals surface area contributed by atoms with E-state index in [0.29, 0.717) is 30.5 Å². The Morgan fingerprint density at radius 2 is 1.61 bits per heavy atom. The van der Waals surface area contributed by atoms with Crippen LogP contribution in [-0.2, 0) is 14.8 Å². The van der Waals surface area contributed by atoms with Crippen molar-refractivity contribution in [2.24, 2.45) is 0 Å². The van der Waals surface area contributed by atoms with Crippen molar-refractivity contribution < 1.29 is 27.4 Å². The number of ether oxygens (including phenoxy) is 3. The maximum Gasteiger partial charge on any atom is 0.272 e. The molecule has 0 bridgehead atoms. The molecular weight excluding hydrogens is 384 g/mol. The minimum absolute atomic E-state index is 0.0699. The van der Waals surface area contributed by atoms with Crippen LogP contribution in [0.3, 0.4) is 0 Å². The van der Waals surface area contributed by atoms with Crippen LogP contribution >= 0.6 is 0 Å². The quantitative estimate of drug-likeness (QED) is 0.584. The Hall–Kier alpha value is -2.78. The van der Waals surface area contributed by atoms with E-state index in [9.17, 15) is 13.2 Å². The summed E-state index contributed by atoms with van der Waals surface area (Å²) in [4.78, 5) is 13.9. The number of benzene rings is 2. The van der Waals surface area contributed by atoms with Crippen molar-refractivity contribution in [1.29, 1.82) is 0 Å². The summed E-state index contributed by atoms with van der Waals surface area (Å²) in [5, 5.41) is 0. The fourth-order valence-corrected chi connectivity index (χ4v) is 3.15. The lowest BCUT2D eigenvalue weighted by molar-refractivity contribution is -0.123. The topological polar surface area (TPSA) is 103 Å². The predicted octanol–water partition coefficient (Wildman–Crippen LogP) is 2.18. The van der Waals surface area contributed by atoms with Crippen molar-refractivity contribution in [1.82, 2.24) is 10.3 Å². The predicted molar refractivity (Wildman–Crippen MR) is 104 cm³/mol. The molecule has 0 saturated carbocycles. The van der Waals surface area contributed by atoms with Crippen molar-refractivity contribution in [2.45, 2.75) is 25.7 Å². The molecule has 0 atom stereocenters. The third-order valence-electron chi connectivity index (χ3n) is 3.60. The zero-order valence-electron chi connectivity index (χ0n) is 16.0. The molecule has 0 saturated heterocycles. The van der Waals surface area contributed by atoms with E-state index >= 15 is 0 Å². The van der Waals surface area contributed by atoms with Crippen LogP contribution in [-0.4, -0.2) is 34.1 Å². The van der Waals surface area contributed by atoms with Gasteiger partial charge in [0.2, 0.25) is 0 Å². The van der Waals surface area contributed by atoms with E-state index in [0.717, 1.165) is 5.56 Å². The van der Waals surface area contributed by atoms with E-state index in [2.05, 4.69) is 5.43 Å². The van der Waals surface area contributed by atoms with Gasteiger partial charge in [0.25, 0.3) is 15.9 Å². The normalized spacial score (nSPS) is 11.0. The highest BCUT2D eigenvalue weighted by molar-refractivity contribution is 7.89. The molecule has 0 fully saturated rings. The van der Waals surface area contributed by atoms with Gasteiger partial charge in [-0.25, -0.2) is 8.42 Å². The van der Waals surface area contributed by atoms with E-state index in [4.69, 9.17) is 14.2 Å². The molecule has 2 N–H and O–H groups in total. The molecule has 0 spiro atoms. The highest BCUT2D eigenvalue weighted by atomic mass is 32.2. The molecule has 0 aromatic heterocycles. The summed E-state index contributed by atoms with van der Waals surface area (Å²) in [6.45, 7) is 5.88. The van der Waals surface area contributed by atoms with Crippen LogP contribution in [0.4, 0.5) is 0 Å². The third-order valence-corrected chi connectivity index (χ3v) is 4.85. The average Bonchev–Trinajstić information content (AvgIpc) is 2.67. The number of nitrogens with one attached hydrogen (secondary N) is 2. The molecule has 0 radical (unpaired) electrons. The lowest BCUT2D eigenvalue weighted by atomic mass is 10.2. The van der Waals surface area contributed by atoms with Crippen molar-refractivity contribution in [3.8, 4) is 17.2 Å². The SMILES string of the molecule is CCOc1ccc(S(=O)(=O)NNC(=O)COc2ccccc2C)cc1OCC. The highest BCUT2D eigenvalue weighted by Crippen LogP contribution is 2.30. The van der Waals surface area contributed by atoms with Gasteiger partial charge in [0.1, 0.15) is 5.75 Å². The molecule has 152 valence electrons. The molecule has 9 heteroatoms. The van der Waals surface area contributed by atoms with Gasteiger partial charge in [-0.05, 0) is 44.5 Å². The van der Waals surface area contributed by atoms with Gasteiger partial charge in [0, 0.05) is 6.07 Å². The molecule has 0 unspecified atom stereocenters. The lowest BCUT2D eigenvalue weighted by Gasteiger charge is -2.14. The van der Waals surface area contributed by atoms with Crippen LogP contribution in [0.5, 0.6) is 17.2 Å². The molecule has 0 aliphatic rings. The number of aryl methyl sites for hydroxylation is 1. The first kappa shape index (κ1) is 21.5. The van der Waals surface area contributed by atoms with Crippen LogP contribution in [0.2, 0.25) is 0 Å². The molecular formula is C19H24N2O6S. The van der Waals surface area contributed by atoms with Crippen LogP contribution in [0.15, 0.2) is 47.4 Å². The smallest absolute Gasteiger partial charge is 0.272 e. The zero-order valence-corrected chi connectivity index (χ0v) is 16.8. The van der Waals surface area contributed by atoms with E-state index in [1.807, 2.05) is 30.8 Å². The average molecular weight is 408 g/mol. The number of carbonyl (C=O) groups is 1. The molecule has 0 aliphatic heterocycles. The van der Waals surface area contributed by atoms with E-state index < -0.39 is 15.9 Å². The van der Waals surface area contributed by atoms with Crippen LogP contribution in [0, 0.1) is 6.92 Å². The van der Waals surface area contributed by atoms with Crippen molar-refractivity contribution in [3.63, 3.8) is 0 Å². The number of amides is 1. The van der Waals surface area contributed by atoms with Gasteiger partial charge in [-0.3, -0.25) is 10.2 Å². The Kier molecular flexibility index (Phi) is 7.65. The van der Waals surface area contributed by atoms with Crippen LogP contribution in [0.1, 0.15) is 19.4 Å². The Balaban J connectivity index is 2.00. The number of hydrogen-bond donors (Lipinski definition) is 2. The lowest BCUT2D eigenvalue weighted by Crippen LogP contribution is -2.43. The Morgan fingerprint density at radius 3 is 2.29 bits per heavy atom. The molecule has 28 heavy (non-hydrogen) atoms. The summed E-state index contributed by atoms with van der Waals surface area (Å²) in [5.41, 5.74) is 3.00. The first-order valence-electron chi connectivity index (χ1n) is 8.76. The summed E-state index contributed by atoms with van der Waals surface area (Å²) in [6, 6.07) is 11.4. The zero-order chi connectivity index (χ0) is 20.6. The van der Waals surface area contributed by atoms with Crippen LogP contribution in [0.25, 0.3) is 0 Å². The number of carbonyl (C=O) groups excluding carboxylic acids is 1.